The molecule has 0 aromatic heterocycles. The van der Waals surface area contributed by atoms with Crippen LogP contribution in [0, 0.1) is 0 Å². The Kier molecular flexibility index (Phi) is 8.97. The Morgan fingerprint density at radius 3 is 2.69 bits per heavy atom. The van der Waals surface area contributed by atoms with E-state index < -0.39 is 0 Å². The molecule has 1 aromatic rings. The second kappa shape index (κ2) is 10.00. The molecule has 2 N–H and O–H groups in total. The second-order valence-corrected chi connectivity index (χ2v) is 7.89. The van der Waals surface area contributed by atoms with Gasteiger partial charge in [0.15, 0.2) is 11.5 Å². The predicted octanol–water partition coefficient (Wildman–Crippen LogP) is 2.62. The third kappa shape index (κ3) is 5.89. The van der Waals surface area contributed by atoms with Gasteiger partial charge in [0.25, 0.3) is 0 Å². The lowest BCUT2D eigenvalue weighted by Gasteiger charge is -2.37. The zero-order valence-electron chi connectivity index (χ0n) is 15.9. The lowest BCUT2D eigenvalue weighted by molar-refractivity contribution is 0.0481. The number of aliphatic hydroxyl groups is 1. The molecule has 1 saturated heterocycles. The second-order valence-electron chi connectivity index (χ2n) is 7.89. The molecule has 150 valence electrons. The number of fused-ring (bicyclic) bond motifs is 1. The van der Waals surface area contributed by atoms with Crippen LogP contribution in [0.25, 0.3) is 0 Å². The molecule has 0 spiro atoms. The SMILES string of the molecule is CC(C)(C)c1ccc2c(c1)OCC(CN1CCNC(CCO)C1)O2.Cl.Cl. The topological polar surface area (TPSA) is 54.0 Å². The average Bonchev–Trinajstić information content (AvgIpc) is 2.54. The Labute approximate surface area is 169 Å². The number of nitrogens with one attached hydrogen (secondary N) is 1. The number of benzene rings is 1. The van der Waals surface area contributed by atoms with Crippen molar-refractivity contribution in [2.75, 3.05) is 39.4 Å². The van der Waals surface area contributed by atoms with Gasteiger partial charge in [-0.05, 0) is 29.5 Å². The van der Waals surface area contributed by atoms with Crippen LogP contribution in [0.3, 0.4) is 0 Å². The number of hydrogen-bond acceptors (Lipinski definition) is 5. The molecule has 7 heteroatoms. The van der Waals surface area contributed by atoms with Gasteiger partial charge >= 0.3 is 0 Å². The van der Waals surface area contributed by atoms with Crippen molar-refractivity contribution in [1.29, 1.82) is 0 Å². The Bertz CT molecular complexity index is 564. The number of hydrogen-bond donors (Lipinski definition) is 2. The maximum Gasteiger partial charge on any atom is 0.161 e. The Morgan fingerprint density at radius 1 is 1.23 bits per heavy atom. The van der Waals surface area contributed by atoms with Gasteiger partial charge < -0.3 is 19.9 Å². The van der Waals surface area contributed by atoms with Crippen LogP contribution < -0.4 is 14.8 Å². The molecule has 0 aliphatic carbocycles. The molecule has 5 nitrogen and oxygen atoms in total. The van der Waals surface area contributed by atoms with E-state index in [1.807, 2.05) is 6.07 Å². The van der Waals surface area contributed by atoms with Crippen LogP contribution in [0.15, 0.2) is 18.2 Å². The molecule has 2 unspecified atom stereocenters. The summed E-state index contributed by atoms with van der Waals surface area (Å²) in [6.07, 6.45) is 0.864. The highest BCUT2D eigenvalue weighted by Crippen LogP contribution is 2.36. The summed E-state index contributed by atoms with van der Waals surface area (Å²) < 4.78 is 12.1. The van der Waals surface area contributed by atoms with Gasteiger partial charge in [0.1, 0.15) is 12.7 Å². The van der Waals surface area contributed by atoms with E-state index in [0.717, 1.165) is 44.1 Å². The number of ether oxygens (including phenoxy) is 2. The molecule has 2 atom stereocenters. The van der Waals surface area contributed by atoms with Crippen molar-refractivity contribution in [3.05, 3.63) is 23.8 Å². The molecule has 26 heavy (non-hydrogen) atoms. The van der Waals surface area contributed by atoms with Gasteiger partial charge in [-0.3, -0.25) is 4.90 Å². The van der Waals surface area contributed by atoms with Crippen molar-refractivity contribution in [2.24, 2.45) is 0 Å². The zero-order valence-corrected chi connectivity index (χ0v) is 17.5. The van der Waals surface area contributed by atoms with Crippen LogP contribution in [-0.2, 0) is 5.41 Å². The fourth-order valence-electron chi connectivity index (χ4n) is 3.37. The van der Waals surface area contributed by atoms with Crippen molar-refractivity contribution in [2.45, 2.75) is 44.8 Å². The Balaban J connectivity index is 0.00000169. The third-order valence-electron chi connectivity index (χ3n) is 4.81. The molecular formula is C19H32Cl2N2O3. The maximum absolute atomic E-state index is 9.11. The van der Waals surface area contributed by atoms with Crippen LogP contribution in [0.4, 0.5) is 0 Å². The predicted molar refractivity (Wildman–Crippen MR) is 109 cm³/mol. The minimum Gasteiger partial charge on any atom is -0.486 e. The van der Waals surface area contributed by atoms with Gasteiger partial charge in [0.2, 0.25) is 0 Å². The van der Waals surface area contributed by atoms with Crippen molar-refractivity contribution in [3.63, 3.8) is 0 Å². The minimum absolute atomic E-state index is 0. The first-order valence-electron chi connectivity index (χ1n) is 8.96. The molecule has 1 aromatic carbocycles. The number of rotatable bonds is 4. The van der Waals surface area contributed by atoms with Gasteiger partial charge in [-0.2, -0.15) is 0 Å². The summed E-state index contributed by atoms with van der Waals surface area (Å²) in [6.45, 7) is 11.2. The first kappa shape index (κ1) is 23.3. The fraction of sp³-hybridized carbons (Fsp3) is 0.684. The van der Waals surface area contributed by atoms with Crippen LogP contribution in [-0.4, -0.2) is 61.5 Å². The smallest absolute Gasteiger partial charge is 0.161 e. The van der Waals surface area contributed by atoms with Crippen molar-refractivity contribution >= 4 is 24.8 Å². The molecule has 1 fully saturated rings. The van der Waals surface area contributed by atoms with Gasteiger partial charge in [0.05, 0.1) is 0 Å². The van der Waals surface area contributed by atoms with E-state index in [0.29, 0.717) is 12.6 Å². The first-order chi connectivity index (χ1) is 11.5. The summed E-state index contributed by atoms with van der Waals surface area (Å²) in [5.74, 6) is 1.71. The highest BCUT2D eigenvalue weighted by molar-refractivity contribution is 5.85. The molecule has 2 heterocycles. The molecule has 2 aliphatic rings. The van der Waals surface area contributed by atoms with Gasteiger partial charge in [-0.1, -0.05) is 26.8 Å². The molecular weight excluding hydrogens is 375 g/mol. The first-order valence-corrected chi connectivity index (χ1v) is 8.96. The summed E-state index contributed by atoms with van der Waals surface area (Å²) in [4.78, 5) is 2.40. The summed E-state index contributed by atoms with van der Waals surface area (Å²) in [7, 11) is 0. The molecule has 3 rings (SSSR count). The summed E-state index contributed by atoms with van der Waals surface area (Å²) >= 11 is 0. The number of aliphatic hydroxyl groups excluding tert-OH is 1. The lowest BCUT2D eigenvalue weighted by atomic mass is 9.87. The Hall–Kier alpha value is -0.720. The molecule has 0 bridgehead atoms. The van der Waals surface area contributed by atoms with Crippen LogP contribution in [0.1, 0.15) is 32.8 Å². The van der Waals surface area contributed by atoms with Gasteiger partial charge in [-0.15, -0.1) is 24.8 Å². The average molecular weight is 407 g/mol. The standard InChI is InChI=1S/C19H30N2O3.2ClH/c1-19(2,3)14-4-5-17-18(10-14)23-13-16(24-17)12-21-8-7-20-15(11-21)6-9-22;;/h4-5,10,15-16,20,22H,6-9,11-13H2,1-3H3;2*1H. The van der Waals surface area contributed by atoms with E-state index in [1.165, 1.54) is 5.56 Å². The highest BCUT2D eigenvalue weighted by atomic mass is 35.5. The van der Waals surface area contributed by atoms with Crippen LogP contribution in [0.5, 0.6) is 11.5 Å². The number of halogens is 2. The fourth-order valence-corrected chi connectivity index (χ4v) is 3.37. The van der Waals surface area contributed by atoms with Crippen LogP contribution in [0.2, 0.25) is 0 Å². The van der Waals surface area contributed by atoms with Crippen molar-refractivity contribution < 1.29 is 14.6 Å². The number of piperazine rings is 1. The maximum atomic E-state index is 9.11. The quantitative estimate of drug-likeness (QED) is 0.804. The lowest BCUT2D eigenvalue weighted by Crippen LogP contribution is -2.54. The summed E-state index contributed by atoms with van der Waals surface area (Å²) in [5, 5.41) is 12.6. The summed E-state index contributed by atoms with van der Waals surface area (Å²) in [5.41, 5.74) is 1.37. The van der Waals surface area contributed by atoms with Crippen LogP contribution >= 0.6 is 24.8 Å². The zero-order chi connectivity index (χ0) is 17.2. The van der Waals surface area contributed by atoms with Gasteiger partial charge in [-0.25, -0.2) is 0 Å². The van der Waals surface area contributed by atoms with E-state index >= 15 is 0 Å². The summed E-state index contributed by atoms with van der Waals surface area (Å²) in [6, 6.07) is 6.64. The van der Waals surface area contributed by atoms with E-state index in [-0.39, 0.29) is 42.9 Å². The highest BCUT2D eigenvalue weighted by Gasteiger charge is 2.27. The van der Waals surface area contributed by atoms with Gasteiger partial charge in [0, 0.05) is 38.8 Å². The molecule has 0 saturated carbocycles. The normalized spacial score (nSPS) is 22.9. The Morgan fingerprint density at radius 2 is 2.00 bits per heavy atom. The van der Waals surface area contributed by atoms with E-state index in [1.54, 1.807) is 0 Å². The minimum atomic E-state index is 0. The van der Waals surface area contributed by atoms with E-state index in [4.69, 9.17) is 14.6 Å². The number of nitrogens with zero attached hydrogens (tertiary/aromatic N) is 1. The monoisotopic (exact) mass is 406 g/mol. The largest absolute Gasteiger partial charge is 0.486 e. The third-order valence-corrected chi connectivity index (χ3v) is 4.81. The van der Waals surface area contributed by atoms with Crippen molar-refractivity contribution in [3.8, 4) is 11.5 Å². The molecule has 0 amide bonds. The van der Waals surface area contributed by atoms with E-state index in [2.05, 4.69) is 43.1 Å². The van der Waals surface area contributed by atoms with E-state index in [9.17, 15) is 0 Å². The molecule has 0 radical (unpaired) electrons. The molecule has 2 aliphatic heterocycles. The van der Waals surface area contributed by atoms with Crippen molar-refractivity contribution in [1.82, 2.24) is 10.2 Å².